The Balaban J connectivity index is 1.82. The fourth-order valence-corrected chi connectivity index (χ4v) is 3.78. The molecule has 3 aromatic rings. The Morgan fingerprint density at radius 3 is 2.23 bits per heavy atom. The average molecular weight is 423 g/mol. The molecule has 3 aromatic carbocycles. The number of benzene rings is 3. The van der Waals surface area contributed by atoms with E-state index in [0.717, 1.165) is 0 Å². The third-order valence-corrected chi connectivity index (χ3v) is 5.49. The molecule has 0 fully saturated rings. The van der Waals surface area contributed by atoms with Crippen molar-refractivity contribution >= 4 is 33.4 Å². The number of primary sulfonamides is 1. The lowest BCUT2D eigenvalue weighted by molar-refractivity contribution is -0.117. The summed E-state index contributed by atoms with van der Waals surface area (Å²) >= 11 is 0. The van der Waals surface area contributed by atoms with Crippen molar-refractivity contribution in [2.45, 2.75) is 10.9 Å². The number of nitrogens with one attached hydrogen (secondary N) is 1. The molecule has 0 bridgehead atoms. The van der Waals surface area contributed by atoms with E-state index in [-0.39, 0.29) is 16.3 Å². The first kappa shape index (κ1) is 19.6. The first-order valence-corrected chi connectivity index (χ1v) is 10.5. The third-order valence-electron chi connectivity index (χ3n) is 4.58. The highest BCUT2D eigenvalue weighted by Crippen LogP contribution is 2.40. The Hall–Kier alpha value is -3.69. The fourth-order valence-electron chi connectivity index (χ4n) is 3.24. The number of anilines is 2. The predicted molar refractivity (Wildman–Crippen MR) is 111 cm³/mol. The van der Waals surface area contributed by atoms with Gasteiger partial charge in [0, 0.05) is 0 Å². The van der Waals surface area contributed by atoms with Crippen molar-refractivity contribution in [1.82, 2.24) is 0 Å². The maximum Gasteiger partial charge on any atom is 0.420 e. The van der Waals surface area contributed by atoms with Crippen molar-refractivity contribution in [2.75, 3.05) is 10.2 Å². The lowest BCUT2D eigenvalue weighted by atomic mass is 10.0. The summed E-state index contributed by atoms with van der Waals surface area (Å²) < 4.78 is 28.9. The van der Waals surface area contributed by atoms with Gasteiger partial charge in [0.15, 0.2) is 0 Å². The minimum atomic E-state index is -3.99. The summed E-state index contributed by atoms with van der Waals surface area (Å²) in [7, 11) is -3.99. The van der Waals surface area contributed by atoms with Crippen LogP contribution in [0.2, 0.25) is 0 Å². The zero-order chi connectivity index (χ0) is 21.3. The van der Waals surface area contributed by atoms with Crippen LogP contribution in [0.4, 0.5) is 16.2 Å². The number of amides is 2. The number of rotatable bonds is 3. The van der Waals surface area contributed by atoms with Crippen LogP contribution in [0.25, 0.3) is 0 Å². The molecule has 3 N–H and O–H groups in total. The first-order valence-electron chi connectivity index (χ1n) is 8.93. The maximum absolute atomic E-state index is 13.1. The van der Waals surface area contributed by atoms with Crippen LogP contribution >= 0.6 is 0 Å². The van der Waals surface area contributed by atoms with Crippen molar-refractivity contribution in [3.8, 4) is 5.75 Å². The Morgan fingerprint density at radius 1 is 0.967 bits per heavy atom. The van der Waals surface area contributed by atoms with E-state index in [9.17, 15) is 18.0 Å². The second-order valence-corrected chi connectivity index (χ2v) is 8.14. The van der Waals surface area contributed by atoms with Crippen molar-refractivity contribution in [2.24, 2.45) is 5.14 Å². The van der Waals surface area contributed by atoms with Crippen LogP contribution in [0.5, 0.6) is 5.75 Å². The summed E-state index contributed by atoms with van der Waals surface area (Å²) in [6.45, 7) is 0. The van der Waals surface area contributed by atoms with Crippen molar-refractivity contribution in [1.29, 1.82) is 0 Å². The van der Waals surface area contributed by atoms with E-state index in [4.69, 9.17) is 9.88 Å². The standard InChI is InChI=1S/C21H17N3O5S/c22-30(27,28)16-11-12-18-17(13-16)23-20(25)19(14-7-3-1-4-8-14)24(18)21(26)29-15-9-5-2-6-10-15/h1-13,19H,(H,23,25)(H2,22,27,28). The molecule has 0 radical (unpaired) electrons. The number of nitrogens with two attached hydrogens (primary N) is 1. The van der Waals surface area contributed by atoms with Gasteiger partial charge in [-0.05, 0) is 35.9 Å². The number of sulfonamides is 1. The molecule has 30 heavy (non-hydrogen) atoms. The molecule has 0 saturated carbocycles. The largest absolute Gasteiger partial charge is 0.420 e. The summed E-state index contributed by atoms with van der Waals surface area (Å²) in [6.07, 6.45) is -0.783. The molecule has 1 atom stereocenters. The lowest BCUT2D eigenvalue weighted by Crippen LogP contribution is -2.46. The second-order valence-electron chi connectivity index (χ2n) is 6.58. The molecular weight excluding hydrogens is 406 g/mol. The van der Waals surface area contributed by atoms with Crippen molar-refractivity contribution in [3.63, 3.8) is 0 Å². The topological polar surface area (TPSA) is 119 Å². The van der Waals surface area contributed by atoms with Crippen LogP contribution in [-0.4, -0.2) is 20.4 Å². The monoisotopic (exact) mass is 423 g/mol. The molecule has 1 unspecified atom stereocenters. The molecule has 0 spiro atoms. The number of nitrogens with zero attached hydrogens (tertiary/aromatic N) is 1. The third kappa shape index (κ3) is 3.76. The molecule has 152 valence electrons. The molecule has 0 saturated heterocycles. The summed E-state index contributed by atoms with van der Waals surface area (Å²) in [6, 6.07) is 20.1. The highest BCUT2D eigenvalue weighted by Gasteiger charge is 2.39. The van der Waals surface area contributed by atoms with Crippen molar-refractivity contribution < 1.29 is 22.7 Å². The van der Waals surface area contributed by atoms with Crippen LogP contribution < -0.4 is 20.1 Å². The Labute approximate surface area is 172 Å². The van der Waals surface area contributed by atoms with E-state index in [0.29, 0.717) is 11.3 Å². The van der Waals surface area contributed by atoms with Gasteiger partial charge in [-0.3, -0.25) is 9.69 Å². The van der Waals surface area contributed by atoms with Gasteiger partial charge in [0.1, 0.15) is 11.8 Å². The smallest absolute Gasteiger partial charge is 0.410 e. The number of carbonyl (C=O) groups is 2. The van der Waals surface area contributed by atoms with E-state index >= 15 is 0 Å². The van der Waals surface area contributed by atoms with Crippen LogP contribution in [0.1, 0.15) is 11.6 Å². The molecule has 2 amide bonds. The summed E-state index contributed by atoms with van der Waals surface area (Å²) in [5.74, 6) is -0.201. The summed E-state index contributed by atoms with van der Waals surface area (Å²) in [5.41, 5.74) is 1.00. The lowest BCUT2D eigenvalue weighted by Gasteiger charge is -2.35. The first-order chi connectivity index (χ1) is 14.3. The summed E-state index contributed by atoms with van der Waals surface area (Å²) in [4.78, 5) is 27.1. The minimum Gasteiger partial charge on any atom is -0.410 e. The van der Waals surface area contributed by atoms with Gasteiger partial charge in [-0.1, -0.05) is 48.5 Å². The van der Waals surface area contributed by atoms with Gasteiger partial charge in [-0.25, -0.2) is 18.4 Å². The van der Waals surface area contributed by atoms with Gasteiger partial charge in [-0.15, -0.1) is 0 Å². The zero-order valence-corrected chi connectivity index (χ0v) is 16.4. The molecule has 1 aliphatic heterocycles. The molecule has 8 nitrogen and oxygen atoms in total. The van der Waals surface area contributed by atoms with E-state index in [1.807, 2.05) is 0 Å². The SMILES string of the molecule is NS(=O)(=O)c1ccc2c(c1)NC(=O)C(c1ccccc1)N2C(=O)Oc1ccccc1. The molecule has 4 rings (SSSR count). The number of ether oxygens (including phenoxy) is 1. The van der Waals surface area contributed by atoms with E-state index in [1.54, 1.807) is 60.7 Å². The average Bonchev–Trinajstić information content (AvgIpc) is 2.73. The highest BCUT2D eigenvalue weighted by atomic mass is 32.2. The summed E-state index contributed by atoms with van der Waals surface area (Å²) in [5, 5.41) is 7.86. The number of carbonyl (C=O) groups excluding carboxylic acids is 2. The van der Waals surface area contributed by atoms with E-state index < -0.39 is 28.1 Å². The van der Waals surface area contributed by atoms with Gasteiger partial charge in [-0.2, -0.15) is 0 Å². The zero-order valence-electron chi connectivity index (χ0n) is 15.6. The Bertz CT molecular complexity index is 1210. The van der Waals surface area contributed by atoms with Crippen LogP contribution in [-0.2, 0) is 14.8 Å². The van der Waals surface area contributed by atoms with Crippen LogP contribution in [0, 0.1) is 0 Å². The van der Waals surface area contributed by atoms with E-state index in [2.05, 4.69) is 5.32 Å². The van der Waals surface area contributed by atoms with Gasteiger partial charge in [0.25, 0.3) is 5.91 Å². The van der Waals surface area contributed by atoms with Crippen LogP contribution in [0.3, 0.4) is 0 Å². The van der Waals surface area contributed by atoms with Gasteiger partial charge in [0.2, 0.25) is 10.0 Å². The van der Waals surface area contributed by atoms with Gasteiger partial charge < -0.3 is 10.1 Å². The number of hydrogen-bond acceptors (Lipinski definition) is 5. The number of fused-ring (bicyclic) bond motifs is 1. The van der Waals surface area contributed by atoms with Crippen molar-refractivity contribution in [3.05, 3.63) is 84.4 Å². The molecule has 1 heterocycles. The van der Waals surface area contributed by atoms with Crippen LogP contribution in [0.15, 0.2) is 83.8 Å². The normalized spacial score (nSPS) is 15.8. The second kappa shape index (κ2) is 7.62. The molecule has 1 aliphatic rings. The maximum atomic E-state index is 13.1. The molecule has 9 heteroatoms. The highest BCUT2D eigenvalue weighted by molar-refractivity contribution is 7.89. The Kier molecular flexibility index (Phi) is 4.98. The minimum absolute atomic E-state index is 0.142. The van der Waals surface area contributed by atoms with E-state index in [1.165, 1.54) is 23.1 Å². The van der Waals surface area contributed by atoms with Gasteiger partial charge >= 0.3 is 6.09 Å². The molecular formula is C21H17N3O5S. The fraction of sp³-hybridized carbons (Fsp3) is 0.0476. The number of hydrogen-bond donors (Lipinski definition) is 2. The van der Waals surface area contributed by atoms with Gasteiger partial charge in [0.05, 0.1) is 16.3 Å². The molecule has 0 aliphatic carbocycles. The quantitative estimate of drug-likeness (QED) is 0.671. The number of para-hydroxylation sites is 1. The molecule has 0 aromatic heterocycles. The predicted octanol–water partition coefficient (Wildman–Crippen LogP) is 3.03. The Morgan fingerprint density at radius 2 is 1.60 bits per heavy atom.